The molecule has 106 valence electrons. The van der Waals surface area contributed by atoms with Crippen molar-refractivity contribution < 1.29 is 17.9 Å². The maximum absolute atomic E-state index is 12.8. The van der Waals surface area contributed by atoms with E-state index in [1.807, 2.05) is 0 Å². The molecule has 0 aliphatic heterocycles. The molecule has 0 radical (unpaired) electrons. The molecule has 4 nitrogen and oxygen atoms in total. The van der Waals surface area contributed by atoms with Gasteiger partial charge in [0.25, 0.3) is 5.56 Å². The Hall–Kier alpha value is -2.31. The number of ether oxygens (including phenoxy) is 1. The standard InChI is InChI=1S/C13H11F3N2O2/c1-7-5-8(13(14,15)16)6-10(20-2)12(7)9-3-4-11(19)18-17-9/h3-6H,1-2H3,(H,18,19). The van der Waals surface area contributed by atoms with Gasteiger partial charge in [-0.15, -0.1) is 0 Å². The van der Waals surface area contributed by atoms with E-state index in [0.29, 0.717) is 16.8 Å². The zero-order chi connectivity index (χ0) is 14.9. The summed E-state index contributed by atoms with van der Waals surface area (Å²) in [4.78, 5) is 11.0. The number of halogens is 3. The second-order valence-corrected chi connectivity index (χ2v) is 4.17. The highest BCUT2D eigenvalue weighted by Crippen LogP contribution is 2.38. The molecule has 0 spiro atoms. The number of nitrogens with zero attached hydrogens (tertiary/aromatic N) is 1. The van der Waals surface area contributed by atoms with Crippen molar-refractivity contribution in [3.05, 3.63) is 45.7 Å². The van der Waals surface area contributed by atoms with E-state index in [4.69, 9.17) is 4.74 Å². The number of benzene rings is 1. The fourth-order valence-corrected chi connectivity index (χ4v) is 1.89. The van der Waals surface area contributed by atoms with Crippen LogP contribution in [-0.4, -0.2) is 17.3 Å². The van der Waals surface area contributed by atoms with Gasteiger partial charge in [-0.1, -0.05) is 0 Å². The number of nitrogens with one attached hydrogen (secondary N) is 1. The number of rotatable bonds is 2. The van der Waals surface area contributed by atoms with E-state index in [9.17, 15) is 18.0 Å². The molecular weight excluding hydrogens is 273 g/mol. The van der Waals surface area contributed by atoms with E-state index in [0.717, 1.165) is 12.1 Å². The van der Waals surface area contributed by atoms with Gasteiger partial charge in [-0.25, -0.2) is 5.10 Å². The number of alkyl halides is 3. The summed E-state index contributed by atoms with van der Waals surface area (Å²) in [6.07, 6.45) is -4.45. The molecule has 0 aliphatic rings. The minimum Gasteiger partial charge on any atom is -0.496 e. The molecule has 0 unspecified atom stereocenters. The van der Waals surface area contributed by atoms with Gasteiger partial charge in [0.15, 0.2) is 0 Å². The first-order valence-electron chi connectivity index (χ1n) is 5.65. The number of H-pyrrole nitrogens is 1. The van der Waals surface area contributed by atoms with Crippen LogP contribution in [-0.2, 0) is 6.18 Å². The van der Waals surface area contributed by atoms with Crippen molar-refractivity contribution >= 4 is 0 Å². The fourth-order valence-electron chi connectivity index (χ4n) is 1.89. The summed E-state index contributed by atoms with van der Waals surface area (Å²) in [7, 11) is 1.28. The smallest absolute Gasteiger partial charge is 0.416 e. The summed E-state index contributed by atoms with van der Waals surface area (Å²) in [6, 6.07) is 4.61. The lowest BCUT2D eigenvalue weighted by Gasteiger charge is -2.15. The lowest BCUT2D eigenvalue weighted by molar-refractivity contribution is -0.137. The second kappa shape index (κ2) is 4.99. The van der Waals surface area contributed by atoms with E-state index >= 15 is 0 Å². The predicted molar refractivity (Wildman–Crippen MR) is 66.6 cm³/mol. The molecule has 7 heteroatoms. The molecule has 2 aromatic rings. The second-order valence-electron chi connectivity index (χ2n) is 4.17. The highest BCUT2D eigenvalue weighted by atomic mass is 19.4. The molecule has 0 fully saturated rings. The van der Waals surface area contributed by atoms with Crippen molar-refractivity contribution in [1.82, 2.24) is 10.2 Å². The molecule has 0 amide bonds. The van der Waals surface area contributed by atoms with E-state index in [1.165, 1.54) is 26.2 Å². The van der Waals surface area contributed by atoms with Gasteiger partial charge in [0.2, 0.25) is 0 Å². The lowest BCUT2D eigenvalue weighted by Crippen LogP contribution is -2.09. The summed E-state index contributed by atoms with van der Waals surface area (Å²) in [5.74, 6) is 0.0527. The highest BCUT2D eigenvalue weighted by Gasteiger charge is 2.32. The summed E-state index contributed by atoms with van der Waals surface area (Å²) < 4.78 is 43.3. The minimum absolute atomic E-state index is 0.0527. The van der Waals surface area contributed by atoms with Crippen LogP contribution >= 0.6 is 0 Å². The van der Waals surface area contributed by atoms with Crippen LogP contribution in [0.2, 0.25) is 0 Å². The van der Waals surface area contributed by atoms with E-state index < -0.39 is 17.3 Å². The molecule has 0 atom stereocenters. The number of methoxy groups -OCH3 is 1. The zero-order valence-corrected chi connectivity index (χ0v) is 10.7. The van der Waals surface area contributed by atoms with E-state index in [2.05, 4.69) is 10.2 Å². The fraction of sp³-hybridized carbons (Fsp3) is 0.231. The zero-order valence-electron chi connectivity index (χ0n) is 10.7. The SMILES string of the molecule is COc1cc(C(F)(F)F)cc(C)c1-c1ccc(=O)[nH]n1. The molecule has 1 heterocycles. The average molecular weight is 284 g/mol. The molecule has 0 saturated carbocycles. The van der Waals surface area contributed by atoms with Gasteiger partial charge in [-0.05, 0) is 30.7 Å². The minimum atomic E-state index is -4.45. The Morgan fingerprint density at radius 2 is 1.95 bits per heavy atom. The van der Waals surface area contributed by atoms with Crippen molar-refractivity contribution in [1.29, 1.82) is 0 Å². The number of hydrogen-bond acceptors (Lipinski definition) is 3. The Morgan fingerprint density at radius 3 is 2.45 bits per heavy atom. The average Bonchev–Trinajstić information content (AvgIpc) is 2.38. The van der Waals surface area contributed by atoms with Gasteiger partial charge in [0.1, 0.15) is 5.75 Å². The Labute approximate surface area is 112 Å². The number of aromatic nitrogens is 2. The number of hydrogen-bond donors (Lipinski definition) is 1. The summed E-state index contributed by atoms with van der Waals surface area (Å²) in [5, 5.41) is 6.05. The van der Waals surface area contributed by atoms with Crippen LogP contribution in [0.3, 0.4) is 0 Å². The lowest BCUT2D eigenvalue weighted by atomic mass is 10.0. The van der Waals surface area contributed by atoms with Crippen molar-refractivity contribution in [3.63, 3.8) is 0 Å². The Balaban J connectivity index is 2.65. The third kappa shape index (κ3) is 2.66. The van der Waals surface area contributed by atoms with Gasteiger partial charge >= 0.3 is 6.18 Å². The number of aryl methyl sites for hydroxylation is 1. The van der Waals surface area contributed by atoms with Crippen LogP contribution in [0, 0.1) is 6.92 Å². The van der Waals surface area contributed by atoms with Crippen LogP contribution in [0.1, 0.15) is 11.1 Å². The molecule has 2 rings (SSSR count). The van der Waals surface area contributed by atoms with Crippen molar-refractivity contribution in [3.8, 4) is 17.0 Å². The van der Waals surface area contributed by atoms with Gasteiger partial charge in [-0.2, -0.15) is 18.3 Å². The summed E-state index contributed by atoms with van der Waals surface area (Å²) in [6.45, 7) is 1.53. The van der Waals surface area contributed by atoms with Crippen LogP contribution in [0.25, 0.3) is 11.3 Å². The Morgan fingerprint density at radius 1 is 1.25 bits per heavy atom. The first kappa shape index (κ1) is 14.1. The Kier molecular flexibility index (Phi) is 3.52. The molecule has 1 aromatic carbocycles. The van der Waals surface area contributed by atoms with Crippen molar-refractivity contribution in [2.75, 3.05) is 7.11 Å². The number of aromatic amines is 1. The van der Waals surface area contributed by atoms with Gasteiger partial charge in [0, 0.05) is 11.6 Å². The van der Waals surface area contributed by atoms with E-state index in [1.54, 1.807) is 0 Å². The van der Waals surface area contributed by atoms with Gasteiger partial charge < -0.3 is 4.74 Å². The van der Waals surface area contributed by atoms with Gasteiger partial charge in [-0.3, -0.25) is 4.79 Å². The molecule has 0 bridgehead atoms. The molecule has 0 saturated heterocycles. The molecule has 1 N–H and O–H groups in total. The molecule has 1 aromatic heterocycles. The summed E-state index contributed by atoms with van der Waals surface area (Å²) >= 11 is 0. The van der Waals surface area contributed by atoms with Crippen molar-refractivity contribution in [2.45, 2.75) is 13.1 Å². The maximum atomic E-state index is 12.8. The maximum Gasteiger partial charge on any atom is 0.416 e. The van der Waals surface area contributed by atoms with Crippen LogP contribution in [0.5, 0.6) is 5.75 Å². The van der Waals surface area contributed by atoms with Crippen molar-refractivity contribution in [2.24, 2.45) is 0 Å². The monoisotopic (exact) mass is 284 g/mol. The van der Waals surface area contributed by atoms with Crippen LogP contribution in [0.15, 0.2) is 29.1 Å². The molecular formula is C13H11F3N2O2. The van der Waals surface area contributed by atoms with Crippen LogP contribution < -0.4 is 10.3 Å². The third-order valence-electron chi connectivity index (χ3n) is 2.78. The highest BCUT2D eigenvalue weighted by molar-refractivity contribution is 5.71. The first-order valence-corrected chi connectivity index (χ1v) is 5.65. The third-order valence-corrected chi connectivity index (χ3v) is 2.78. The van der Waals surface area contributed by atoms with Crippen LogP contribution in [0.4, 0.5) is 13.2 Å². The molecule has 0 aliphatic carbocycles. The van der Waals surface area contributed by atoms with Gasteiger partial charge in [0.05, 0.1) is 18.4 Å². The van der Waals surface area contributed by atoms with E-state index in [-0.39, 0.29) is 5.75 Å². The Bertz CT molecular complexity index is 672. The normalized spacial score (nSPS) is 11.4. The predicted octanol–water partition coefficient (Wildman–Crippen LogP) is 2.77. The first-order chi connectivity index (χ1) is 9.32. The molecule has 20 heavy (non-hydrogen) atoms. The largest absolute Gasteiger partial charge is 0.496 e. The summed E-state index contributed by atoms with van der Waals surface area (Å²) in [5.41, 5.74) is -0.0713. The quantitative estimate of drug-likeness (QED) is 0.922. The topological polar surface area (TPSA) is 55.0 Å².